The number of hydrogen-bond donors (Lipinski definition) is 0. The fourth-order valence-electron chi connectivity index (χ4n) is 9.58. The summed E-state index contributed by atoms with van der Waals surface area (Å²) in [5.41, 5.74) is 11.1. The summed E-state index contributed by atoms with van der Waals surface area (Å²) in [7, 11) is 0. The number of pyridine rings is 1. The molecule has 0 fully saturated rings. The second-order valence-corrected chi connectivity index (χ2v) is 14.9. The highest BCUT2D eigenvalue weighted by Crippen LogP contribution is 2.52. The standard InChI is InChI=1S/C50H36N2/c1-4-31-32-18-11-13-24-39(32)48(30-16-6-5-7-17-30)51-49(31)52-44-27-26-38-35-21-9-8-19-33(35)34-20-10-12-23-37(34)46(38)47(44)41-28-40-36-22-14-15-25-42(36)50(2,3)43(40)29-45(41)52/h5-29H,4H2,1-3H3. The molecule has 0 amide bonds. The Morgan fingerprint density at radius 2 is 1.08 bits per heavy atom. The van der Waals surface area contributed by atoms with Crippen LogP contribution in [0.5, 0.6) is 0 Å². The van der Waals surface area contributed by atoms with Gasteiger partial charge in [0.2, 0.25) is 0 Å². The van der Waals surface area contributed by atoms with Gasteiger partial charge in [0.15, 0.2) is 0 Å². The van der Waals surface area contributed by atoms with Crippen molar-refractivity contribution < 1.29 is 0 Å². The van der Waals surface area contributed by atoms with Crippen molar-refractivity contribution >= 4 is 64.9 Å². The average molecular weight is 665 g/mol. The second kappa shape index (κ2) is 10.6. The molecule has 10 aromatic rings. The Labute approximate surface area is 302 Å². The Bertz CT molecular complexity index is 3090. The molecule has 1 aliphatic carbocycles. The van der Waals surface area contributed by atoms with Crippen molar-refractivity contribution in [1.29, 1.82) is 0 Å². The van der Waals surface area contributed by atoms with Crippen LogP contribution in [0.2, 0.25) is 0 Å². The smallest absolute Gasteiger partial charge is 0.142 e. The van der Waals surface area contributed by atoms with Crippen LogP contribution in [-0.2, 0) is 11.8 Å². The minimum atomic E-state index is -0.133. The molecular weight excluding hydrogens is 629 g/mol. The van der Waals surface area contributed by atoms with E-state index >= 15 is 0 Å². The molecule has 11 rings (SSSR count). The van der Waals surface area contributed by atoms with Crippen molar-refractivity contribution in [2.75, 3.05) is 0 Å². The van der Waals surface area contributed by atoms with Crippen LogP contribution >= 0.6 is 0 Å². The Balaban J connectivity index is 1.39. The molecule has 0 radical (unpaired) electrons. The van der Waals surface area contributed by atoms with Gasteiger partial charge in [0.25, 0.3) is 0 Å². The number of benzene rings is 8. The summed E-state index contributed by atoms with van der Waals surface area (Å²) < 4.78 is 2.51. The van der Waals surface area contributed by atoms with Crippen LogP contribution in [0.3, 0.4) is 0 Å². The van der Waals surface area contributed by atoms with E-state index in [2.05, 4.69) is 177 Å². The van der Waals surface area contributed by atoms with Crippen LogP contribution in [0.4, 0.5) is 0 Å². The van der Waals surface area contributed by atoms with Gasteiger partial charge in [-0.05, 0) is 79.2 Å². The van der Waals surface area contributed by atoms with Gasteiger partial charge >= 0.3 is 0 Å². The van der Waals surface area contributed by atoms with Crippen molar-refractivity contribution in [3.8, 4) is 28.2 Å². The van der Waals surface area contributed by atoms with Crippen LogP contribution in [0.25, 0.3) is 93.1 Å². The van der Waals surface area contributed by atoms with Gasteiger partial charge in [-0.15, -0.1) is 0 Å². The zero-order valence-electron chi connectivity index (χ0n) is 29.5. The molecule has 2 heterocycles. The molecular formula is C50H36N2. The normalized spacial score (nSPS) is 13.5. The van der Waals surface area contributed by atoms with E-state index in [-0.39, 0.29) is 5.41 Å². The lowest BCUT2D eigenvalue weighted by Crippen LogP contribution is -2.15. The second-order valence-electron chi connectivity index (χ2n) is 14.9. The molecule has 0 unspecified atom stereocenters. The maximum absolute atomic E-state index is 5.71. The molecule has 2 nitrogen and oxygen atoms in total. The van der Waals surface area contributed by atoms with E-state index in [1.54, 1.807) is 0 Å². The molecule has 1 aliphatic rings. The molecule has 0 N–H and O–H groups in total. The van der Waals surface area contributed by atoms with Crippen molar-refractivity contribution in [2.45, 2.75) is 32.6 Å². The van der Waals surface area contributed by atoms with Gasteiger partial charge in [0, 0.05) is 38.1 Å². The predicted octanol–water partition coefficient (Wildman–Crippen LogP) is 13.3. The molecule has 246 valence electrons. The number of nitrogens with zero attached hydrogens (tertiary/aromatic N) is 2. The third-order valence-corrected chi connectivity index (χ3v) is 11.9. The Hall–Kier alpha value is -6.25. The number of fused-ring (bicyclic) bond motifs is 14. The van der Waals surface area contributed by atoms with Gasteiger partial charge in [-0.3, -0.25) is 4.57 Å². The first kappa shape index (κ1) is 29.5. The molecule has 52 heavy (non-hydrogen) atoms. The van der Waals surface area contributed by atoms with Crippen LogP contribution < -0.4 is 0 Å². The zero-order chi connectivity index (χ0) is 34.7. The Kier molecular flexibility index (Phi) is 6.03. The maximum atomic E-state index is 5.71. The zero-order valence-corrected chi connectivity index (χ0v) is 29.5. The highest BCUT2D eigenvalue weighted by Gasteiger charge is 2.36. The number of aryl methyl sites for hydroxylation is 1. The highest BCUT2D eigenvalue weighted by atomic mass is 15.1. The molecule has 0 aliphatic heterocycles. The minimum absolute atomic E-state index is 0.133. The lowest BCUT2D eigenvalue weighted by Gasteiger charge is -2.22. The molecule has 2 aromatic heterocycles. The van der Waals surface area contributed by atoms with Gasteiger partial charge in [-0.25, -0.2) is 4.98 Å². The SMILES string of the molecule is CCc1c(-n2c3cc4c(cc3c3c5c6ccccc6c6ccccc6c5ccc32)-c2ccccc2C4(C)C)nc(-c2ccccc2)c2ccccc12. The molecule has 0 spiro atoms. The molecule has 8 aromatic carbocycles. The van der Waals surface area contributed by atoms with E-state index in [1.807, 2.05) is 0 Å². The van der Waals surface area contributed by atoms with Gasteiger partial charge in [0.05, 0.1) is 16.7 Å². The third kappa shape index (κ3) is 3.82. The monoisotopic (exact) mass is 664 g/mol. The summed E-state index contributed by atoms with van der Waals surface area (Å²) in [5.74, 6) is 1.01. The summed E-state index contributed by atoms with van der Waals surface area (Å²) in [6, 6.07) is 56.1. The minimum Gasteiger partial charge on any atom is -0.293 e. The molecule has 0 atom stereocenters. The van der Waals surface area contributed by atoms with Gasteiger partial charge < -0.3 is 0 Å². The number of rotatable bonds is 3. The third-order valence-electron chi connectivity index (χ3n) is 11.9. The van der Waals surface area contributed by atoms with Crippen LogP contribution in [0.15, 0.2) is 152 Å². The molecule has 0 saturated heterocycles. The summed E-state index contributed by atoms with van der Waals surface area (Å²) in [4.78, 5) is 5.71. The first-order chi connectivity index (χ1) is 25.5. The first-order valence-corrected chi connectivity index (χ1v) is 18.5. The van der Waals surface area contributed by atoms with Crippen LogP contribution in [0.1, 0.15) is 37.5 Å². The fourth-order valence-corrected chi connectivity index (χ4v) is 9.58. The van der Waals surface area contributed by atoms with E-state index in [0.29, 0.717) is 0 Å². The highest BCUT2D eigenvalue weighted by molar-refractivity contribution is 6.35. The number of hydrogen-bond acceptors (Lipinski definition) is 1. The van der Waals surface area contributed by atoms with Crippen molar-refractivity contribution in [1.82, 2.24) is 9.55 Å². The van der Waals surface area contributed by atoms with Crippen molar-refractivity contribution in [3.63, 3.8) is 0 Å². The first-order valence-electron chi connectivity index (χ1n) is 18.5. The Morgan fingerprint density at radius 3 is 1.81 bits per heavy atom. The summed E-state index contributed by atoms with van der Waals surface area (Å²) in [6.07, 6.45) is 0.863. The quantitative estimate of drug-likeness (QED) is 0.172. The summed E-state index contributed by atoms with van der Waals surface area (Å²) in [5, 5.41) is 12.8. The number of aromatic nitrogens is 2. The predicted molar refractivity (Wildman–Crippen MR) is 221 cm³/mol. The Morgan fingerprint density at radius 1 is 0.481 bits per heavy atom. The van der Waals surface area contributed by atoms with E-state index < -0.39 is 0 Å². The van der Waals surface area contributed by atoms with Crippen molar-refractivity contribution in [3.05, 3.63) is 168 Å². The van der Waals surface area contributed by atoms with Crippen molar-refractivity contribution in [2.24, 2.45) is 0 Å². The van der Waals surface area contributed by atoms with E-state index in [0.717, 1.165) is 23.5 Å². The lowest BCUT2D eigenvalue weighted by atomic mass is 9.82. The largest absolute Gasteiger partial charge is 0.293 e. The van der Waals surface area contributed by atoms with Crippen LogP contribution in [-0.4, -0.2) is 9.55 Å². The summed E-state index contributed by atoms with van der Waals surface area (Å²) >= 11 is 0. The molecule has 0 saturated carbocycles. The van der Waals surface area contributed by atoms with E-state index in [1.165, 1.54) is 92.7 Å². The van der Waals surface area contributed by atoms with Gasteiger partial charge in [-0.1, -0.05) is 154 Å². The summed E-state index contributed by atoms with van der Waals surface area (Å²) in [6.45, 7) is 7.03. The average Bonchev–Trinajstić information content (AvgIpc) is 3.64. The molecule has 0 bridgehead atoms. The van der Waals surface area contributed by atoms with Crippen LogP contribution in [0, 0.1) is 0 Å². The topological polar surface area (TPSA) is 17.8 Å². The maximum Gasteiger partial charge on any atom is 0.142 e. The van der Waals surface area contributed by atoms with Gasteiger partial charge in [-0.2, -0.15) is 0 Å². The van der Waals surface area contributed by atoms with E-state index in [9.17, 15) is 0 Å². The van der Waals surface area contributed by atoms with Gasteiger partial charge in [0.1, 0.15) is 5.82 Å². The molecule has 2 heteroatoms. The van der Waals surface area contributed by atoms with E-state index in [4.69, 9.17) is 4.98 Å². The lowest BCUT2D eigenvalue weighted by molar-refractivity contribution is 0.661. The fraction of sp³-hybridized carbons (Fsp3) is 0.100.